The van der Waals surface area contributed by atoms with E-state index in [4.69, 9.17) is 35.4 Å². The van der Waals surface area contributed by atoms with Crippen LogP contribution in [-0.4, -0.2) is 19.9 Å². The second-order valence-electron chi connectivity index (χ2n) is 5.54. The molecule has 2 aromatic carbocycles. The fourth-order valence-electron chi connectivity index (χ4n) is 2.19. The first-order valence-electron chi connectivity index (χ1n) is 7.58. The highest BCUT2D eigenvalue weighted by Crippen LogP contribution is 2.20. The van der Waals surface area contributed by atoms with E-state index in [0.717, 1.165) is 16.8 Å². The number of hydrogen-bond donors (Lipinski definition) is 2. The van der Waals surface area contributed by atoms with Crippen LogP contribution in [0.5, 0.6) is 0 Å². The number of nitrogens with zero attached hydrogens (tertiary/aromatic N) is 3. The maximum absolute atomic E-state index is 13.1. The van der Waals surface area contributed by atoms with Gasteiger partial charge >= 0.3 is 0 Å². The van der Waals surface area contributed by atoms with E-state index in [-0.39, 0.29) is 5.82 Å². The predicted octanol–water partition coefficient (Wildman–Crippen LogP) is 4.89. The average molecular weight is 410 g/mol. The first kappa shape index (κ1) is 18.6. The maximum Gasteiger partial charge on any atom is 0.248 e. The van der Waals surface area contributed by atoms with Crippen molar-refractivity contribution in [2.45, 2.75) is 13.5 Å². The van der Waals surface area contributed by atoms with E-state index in [1.807, 2.05) is 19.1 Å². The molecule has 5 nitrogen and oxygen atoms in total. The number of rotatable bonds is 4. The SMILES string of the molecule is Cc1ccc(NC(=S)Nc2ncn(Cc3ccc(F)cc3Cl)n2)cc1Cl. The average Bonchev–Trinajstić information content (AvgIpc) is 3.00. The summed E-state index contributed by atoms with van der Waals surface area (Å²) in [5.74, 6) is -0.0497. The highest BCUT2D eigenvalue weighted by atomic mass is 35.5. The molecule has 9 heteroatoms. The van der Waals surface area contributed by atoms with Crippen molar-refractivity contribution in [2.24, 2.45) is 0 Å². The highest BCUT2D eigenvalue weighted by Gasteiger charge is 2.07. The number of benzene rings is 2. The van der Waals surface area contributed by atoms with E-state index in [0.29, 0.717) is 27.7 Å². The largest absolute Gasteiger partial charge is 0.332 e. The summed E-state index contributed by atoms with van der Waals surface area (Å²) < 4.78 is 14.7. The fourth-order valence-corrected chi connectivity index (χ4v) is 2.80. The van der Waals surface area contributed by atoms with Crippen molar-refractivity contribution in [2.75, 3.05) is 10.6 Å². The molecular weight excluding hydrogens is 396 g/mol. The number of hydrogen-bond acceptors (Lipinski definition) is 3. The lowest BCUT2D eigenvalue weighted by Crippen LogP contribution is -2.20. The van der Waals surface area contributed by atoms with Crippen LogP contribution in [0.3, 0.4) is 0 Å². The van der Waals surface area contributed by atoms with E-state index >= 15 is 0 Å². The summed E-state index contributed by atoms with van der Waals surface area (Å²) in [4.78, 5) is 4.14. The minimum Gasteiger partial charge on any atom is -0.332 e. The summed E-state index contributed by atoms with van der Waals surface area (Å²) in [7, 11) is 0. The van der Waals surface area contributed by atoms with Crippen LogP contribution in [0.2, 0.25) is 10.0 Å². The van der Waals surface area contributed by atoms with Crippen molar-refractivity contribution in [1.82, 2.24) is 14.8 Å². The molecule has 0 bridgehead atoms. The molecular formula is C17H14Cl2FN5S. The smallest absolute Gasteiger partial charge is 0.248 e. The Morgan fingerprint density at radius 3 is 2.69 bits per heavy atom. The highest BCUT2D eigenvalue weighted by molar-refractivity contribution is 7.80. The number of aromatic nitrogens is 3. The normalized spacial score (nSPS) is 10.6. The number of nitrogens with one attached hydrogen (secondary N) is 2. The first-order chi connectivity index (χ1) is 12.4. The van der Waals surface area contributed by atoms with Gasteiger partial charge in [-0.3, -0.25) is 5.32 Å². The van der Waals surface area contributed by atoms with Crippen LogP contribution in [0.15, 0.2) is 42.7 Å². The van der Waals surface area contributed by atoms with Crippen LogP contribution in [0.1, 0.15) is 11.1 Å². The van der Waals surface area contributed by atoms with Gasteiger partial charge in [-0.25, -0.2) is 14.1 Å². The summed E-state index contributed by atoms with van der Waals surface area (Å²) >= 11 is 17.4. The fraction of sp³-hybridized carbons (Fsp3) is 0.118. The van der Waals surface area contributed by atoms with E-state index < -0.39 is 0 Å². The molecule has 0 radical (unpaired) electrons. The Morgan fingerprint density at radius 2 is 1.96 bits per heavy atom. The molecule has 0 atom stereocenters. The molecule has 134 valence electrons. The molecule has 0 aliphatic heterocycles. The lowest BCUT2D eigenvalue weighted by atomic mass is 10.2. The van der Waals surface area contributed by atoms with E-state index in [9.17, 15) is 4.39 Å². The molecule has 1 aromatic heterocycles. The van der Waals surface area contributed by atoms with Crippen molar-refractivity contribution in [1.29, 1.82) is 0 Å². The summed E-state index contributed by atoms with van der Waals surface area (Å²) in [5.41, 5.74) is 2.48. The van der Waals surface area contributed by atoms with Crippen LogP contribution in [0.25, 0.3) is 0 Å². The Kier molecular flexibility index (Phi) is 5.70. The van der Waals surface area contributed by atoms with Crippen LogP contribution in [0.4, 0.5) is 16.0 Å². The van der Waals surface area contributed by atoms with Gasteiger partial charge in [0.25, 0.3) is 0 Å². The van der Waals surface area contributed by atoms with Gasteiger partial charge in [0.05, 0.1) is 6.54 Å². The zero-order chi connectivity index (χ0) is 18.7. The molecule has 0 saturated carbocycles. The number of thiocarbonyl (C=S) groups is 1. The summed E-state index contributed by atoms with van der Waals surface area (Å²) in [6, 6.07) is 9.78. The molecule has 0 unspecified atom stereocenters. The number of halogens is 3. The van der Waals surface area contributed by atoms with Gasteiger partial charge in [-0.2, -0.15) is 0 Å². The third-order valence-electron chi connectivity index (χ3n) is 3.54. The van der Waals surface area contributed by atoms with Gasteiger partial charge in [-0.05, 0) is 54.5 Å². The van der Waals surface area contributed by atoms with Crippen LogP contribution in [-0.2, 0) is 6.54 Å². The molecule has 1 heterocycles. The molecule has 0 fully saturated rings. The zero-order valence-electron chi connectivity index (χ0n) is 13.6. The summed E-state index contributed by atoms with van der Waals surface area (Å²) in [5, 5.41) is 11.5. The summed E-state index contributed by atoms with van der Waals surface area (Å²) in [6.45, 7) is 2.29. The van der Waals surface area contributed by atoms with Gasteiger partial charge in [-0.1, -0.05) is 35.3 Å². The maximum atomic E-state index is 13.1. The zero-order valence-corrected chi connectivity index (χ0v) is 16.0. The third-order valence-corrected chi connectivity index (χ3v) is 4.50. The van der Waals surface area contributed by atoms with E-state index in [2.05, 4.69) is 20.7 Å². The molecule has 3 aromatic rings. The molecule has 0 aliphatic rings. The summed E-state index contributed by atoms with van der Waals surface area (Å²) in [6.07, 6.45) is 1.54. The van der Waals surface area contributed by atoms with Crippen molar-refractivity contribution in [3.63, 3.8) is 0 Å². The van der Waals surface area contributed by atoms with Crippen molar-refractivity contribution < 1.29 is 4.39 Å². The van der Waals surface area contributed by atoms with E-state index in [1.54, 1.807) is 16.8 Å². The Labute approximate surface area is 165 Å². The molecule has 0 aliphatic carbocycles. The Hall–Kier alpha value is -2.22. The van der Waals surface area contributed by atoms with Gasteiger partial charge in [0.15, 0.2) is 5.11 Å². The Balaban J connectivity index is 1.62. The van der Waals surface area contributed by atoms with Crippen molar-refractivity contribution in [3.8, 4) is 0 Å². The van der Waals surface area contributed by atoms with Crippen LogP contribution in [0, 0.1) is 12.7 Å². The number of anilines is 2. The molecule has 3 rings (SSSR count). The van der Waals surface area contributed by atoms with Gasteiger partial charge < -0.3 is 5.32 Å². The first-order valence-corrected chi connectivity index (χ1v) is 8.74. The minimum absolute atomic E-state index is 0.332. The standard InChI is InChI=1S/C17H14Cl2FN5S/c1-10-2-5-13(7-14(10)18)22-17(26)23-16-21-9-25(24-16)8-11-3-4-12(20)6-15(11)19/h2-7,9H,8H2,1H3,(H2,22,23,24,26). The molecule has 26 heavy (non-hydrogen) atoms. The minimum atomic E-state index is -0.382. The molecule has 0 saturated heterocycles. The second-order valence-corrected chi connectivity index (χ2v) is 6.77. The predicted molar refractivity (Wildman–Crippen MR) is 107 cm³/mol. The van der Waals surface area contributed by atoms with E-state index in [1.165, 1.54) is 18.5 Å². The quantitative estimate of drug-likeness (QED) is 0.600. The van der Waals surface area contributed by atoms with Gasteiger partial charge in [0.1, 0.15) is 12.1 Å². The van der Waals surface area contributed by atoms with Crippen LogP contribution >= 0.6 is 35.4 Å². The lowest BCUT2D eigenvalue weighted by molar-refractivity contribution is 0.624. The Morgan fingerprint density at radius 1 is 1.15 bits per heavy atom. The monoisotopic (exact) mass is 409 g/mol. The number of aryl methyl sites for hydroxylation is 1. The lowest BCUT2D eigenvalue weighted by Gasteiger charge is -2.09. The topological polar surface area (TPSA) is 54.8 Å². The van der Waals surface area contributed by atoms with Gasteiger partial charge in [-0.15, -0.1) is 5.10 Å². The van der Waals surface area contributed by atoms with Crippen molar-refractivity contribution in [3.05, 3.63) is 69.7 Å². The van der Waals surface area contributed by atoms with Gasteiger partial charge in [0.2, 0.25) is 5.95 Å². The third kappa shape index (κ3) is 4.69. The van der Waals surface area contributed by atoms with Gasteiger partial charge in [0, 0.05) is 15.7 Å². The van der Waals surface area contributed by atoms with Crippen LogP contribution < -0.4 is 10.6 Å². The Bertz CT molecular complexity index is 960. The second kappa shape index (κ2) is 7.99. The molecule has 0 spiro atoms. The molecule has 0 amide bonds. The molecule has 2 N–H and O–H groups in total. The van der Waals surface area contributed by atoms with Crippen molar-refractivity contribution >= 4 is 52.2 Å².